The summed E-state index contributed by atoms with van der Waals surface area (Å²) in [6, 6.07) is 7.31. The second-order valence-corrected chi connectivity index (χ2v) is 7.61. The normalized spacial score (nSPS) is 13.4. The summed E-state index contributed by atoms with van der Waals surface area (Å²) in [7, 11) is 1.21. The number of halogens is 2. The Bertz CT molecular complexity index is 1090. The molecule has 2 N–H and O–H groups in total. The van der Waals surface area contributed by atoms with Gasteiger partial charge in [-0.3, -0.25) is 28.9 Å². The fraction of sp³-hybridized carbons (Fsp3) is 0.190. The van der Waals surface area contributed by atoms with E-state index in [2.05, 4.69) is 15.4 Å². The molecule has 166 valence electrons. The number of hydrogen-bond donors (Lipinski definition) is 2. The number of carbonyl (C=O) groups excluding carboxylic acids is 5. The molecular formula is C21H17Cl2N3O6. The Labute approximate surface area is 192 Å². The van der Waals surface area contributed by atoms with Gasteiger partial charge in [-0.1, -0.05) is 23.2 Å². The Morgan fingerprint density at radius 3 is 2.03 bits per heavy atom. The van der Waals surface area contributed by atoms with Gasteiger partial charge in [0.15, 0.2) is 0 Å². The van der Waals surface area contributed by atoms with Crippen LogP contribution in [0.1, 0.15) is 38.0 Å². The molecule has 0 saturated carbocycles. The second-order valence-electron chi connectivity index (χ2n) is 6.79. The lowest BCUT2D eigenvalue weighted by Gasteiger charge is -2.21. The lowest BCUT2D eigenvalue weighted by molar-refractivity contribution is -0.139. The van der Waals surface area contributed by atoms with E-state index in [0.29, 0.717) is 5.69 Å². The summed E-state index contributed by atoms with van der Waals surface area (Å²) < 4.78 is 4.45. The van der Waals surface area contributed by atoms with Crippen LogP contribution in [0.5, 0.6) is 0 Å². The minimum Gasteiger partial charge on any atom is -0.468 e. The highest BCUT2D eigenvalue weighted by Gasteiger charge is 2.41. The van der Waals surface area contributed by atoms with Crippen LogP contribution in [-0.2, 0) is 14.3 Å². The van der Waals surface area contributed by atoms with Crippen molar-refractivity contribution in [2.45, 2.75) is 13.0 Å². The summed E-state index contributed by atoms with van der Waals surface area (Å²) in [6.45, 7) is 1.14. The molecule has 0 fully saturated rings. The lowest BCUT2D eigenvalue weighted by atomic mass is 10.1. The first kappa shape index (κ1) is 23.2. The van der Waals surface area contributed by atoms with Crippen molar-refractivity contribution in [1.82, 2.24) is 10.2 Å². The number of carbonyl (C=O) groups is 5. The molecule has 0 saturated heterocycles. The van der Waals surface area contributed by atoms with Crippen molar-refractivity contribution in [3.63, 3.8) is 0 Å². The van der Waals surface area contributed by atoms with Gasteiger partial charge in [0.2, 0.25) is 5.91 Å². The van der Waals surface area contributed by atoms with E-state index in [1.165, 1.54) is 50.4 Å². The Hall–Kier alpha value is -3.43. The molecule has 4 amide bonds. The summed E-state index contributed by atoms with van der Waals surface area (Å²) in [6.07, 6.45) is 0. The van der Waals surface area contributed by atoms with E-state index in [1.54, 1.807) is 0 Å². The largest absolute Gasteiger partial charge is 0.468 e. The minimum atomic E-state index is -1.12. The van der Waals surface area contributed by atoms with Crippen LogP contribution in [-0.4, -0.2) is 54.2 Å². The molecular weight excluding hydrogens is 461 g/mol. The number of anilines is 1. The van der Waals surface area contributed by atoms with E-state index in [4.69, 9.17) is 23.2 Å². The summed E-state index contributed by atoms with van der Waals surface area (Å²) in [5.41, 5.74) is 0.751. The Kier molecular flexibility index (Phi) is 6.81. The average molecular weight is 478 g/mol. The Morgan fingerprint density at radius 1 is 1.00 bits per heavy atom. The van der Waals surface area contributed by atoms with Gasteiger partial charge in [-0.25, -0.2) is 0 Å². The molecule has 2 aromatic carbocycles. The fourth-order valence-electron chi connectivity index (χ4n) is 3.00. The first-order valence-electron chi connectivity index (χ1n) is 9.27. The number of rotatable bonds is 6. The van der Waals surface area contributed by atoms with Gasteiger partial charge in [-0.2, -0.15) is 0 Å². The standard InChI is InChI=1S/C21H17Cl2N3O6/c1-10(26-20(30)13-7-15(22)16(23)8-14(13)21(26)31)18(28)25-12-5-3-11(4-6-12)19(29)24-9-17(27)32-2/h3-8,10H,9H2,1-2H3,(H,24,29)(H,25,28). The van der Waals surface area contributed by atoms with Crippen LogP contribution in [0.2, 0.25) is 10.0 Å². The van der Waals surface area contributed by atoms with Crippen LogP contribution < -0.4 is 10.6 Å². The zero-order chi connectivity index (χ0) is 23.6. The van der Waals surface area contributed by atoms with Gasteiger partial charge in [0, 0.05) is 11.3 Å². The van der Waals surface area contributed by atoms with Gasteiger partial charge in [0.1, 0.15) is 12.6 Å². The number of ether oxygens (including phenoxy) is 1. The van der Waals surface area contributed by atoms with Crippen molar-refractivity contribution in [2.75, 3.05) is 19.0 Å². The van der Waals surface area contributed by atoms with E-state index in [9.17, 15) is 24.0 Å². The first-order chi connectivity index (χ1) is 15.1. The van der Waals surface area contributed by atoms with Crippen molar-refractivity contribution >= 4 is 58.5 Å². The zero-order valence-electron chi connectivity index (χ0n) is 16.9. The van der Waals surface area contributed by atoms with Gasteiger partial charge < -0.3 is 15.4 Å². The van der Waals surface area contributed by atoms with Crippen LogP contribution in [0.25, 0.3) is 0 Å². The van der Waals surface area contributed by atoms with E-state index in [1.807, 2.05) is 0 Å². The SMILES string of the molecule is COC(=O)CNC(=O)c1ccc(NC(=O)C(C)N2C(=O)c3cc(Cl)c(Cl)cc3C2=O)cc1. The predicted octanol–water partition coefficient (Wildman–Crippen LogP) is 2.52. The maximum absolute atomic E-state index is 12.7. The molecule has 1 aliphatic rings. The molecule has 0 aliphatic carbocycles. The number of hydrogen-bond acceptors (Lipinski definition) is 6. The number of amides is 4. The molecule has 2 aromatic rings. The van der Waals surface area contributed by atoms with Crippen LogP contribution in [0.4, 0.5) is 5.69 Å². The Morgan fingerprint density at radius 2 is 1.53 bits per heavy atom. The fourth-order valence-corrected chi connectivity index (χ4v) is 3.33. The van der Waals surface area contributed by atoms with Crippen LogP contribution >= 0.6 is 23.2 Å². The van der Waals surface area contributed by atoms with E-state index < -0.39 is 35.6 Å². The molecule has 0 radical (unpaired) electrons. The van der Waals surface area contributed by atoms with Gasteiger partial charge in [-0.15, -0.1) is 0 Å². The van der Waals surface area contributed by atoms with E-state index in [0.717, 1.165) is 4.90 Å². The van der Waals surface area contributed by atoms with Crippen molar-refractivity contribution in [2.24, 2.45) is 0 Å². The molecule has 1 aliphatic heterocycles. The summed E-state index contributed by atoms with van der Waals surface area (Å²) in [5, 5.41) is 5.23. The molecule has 11 heteroatoms. The summed E-state index contributed by atoms with van der Waals surface area (Å²) in [5.74, 6) is -2.99. The molecule has 0 spiro atoms. The number of methoxy groups -OCH3 is 1. The van der Waals surface area contributed by atoms with E-state index in [-0.39, 0.29) is 33.3 Å². The van der Waals surface area contributed by atoms with E-state index >= 15 is 0 Å². The topological polar surface area (TPSA) is 122 Å². The quantitative estimate of drug-likeness (QED) is 0.486. The third-order valence-electron chi connectivity index (χ3n) is 4.76. The number of imide groups is 1. The number of esters is 1. The Balaban J connectivity index is 1.67. The van der Waals surface area contributed by atoms with Crippen molar-refractivity contribution in [3.05, 3.63) is 63.1 Å². The number of nitrogens with one attached hydrogen (secondary N) is 2. The molecule has 1 heterocycles. The van der Waals surface area contributed by atoms with Gasteiger partial charge in [-0.05, 0) is 43.3 Å². The molecule has 1 unspecified atom stereocenters. The van der Waals surface area contributed by atoms with Gasteiger partial charge in [0.05, 0.1) is 28.3 Å². The minimum absolute atomic E-state index is 0.0753. The monoisotopic (exact) mass is 477 g/mol. The van der Waals surface area contributed by atoms with Crippen LogP contribution in [0, 0.1) is 0 Å². The maximum Gasteiger partial charge on any atom is 0.325 e. The third kappa shape index (κ3) is 4.58. The van der Waals surface area contributed by atoms with Gasteiger partial charge in [0.25, 0.3) is 17.7 Å². The smallest absolute Gasteiger partial charge is 0.325 e. The number of fused-ring (bicyclic) bond motifs is 1. The van der Waals surface area contributed by atoms with Crippen LogP contribution in [0.3, 0.4) is 0 Å². The summed E-state index contributed by atoms with van der Waals surface area (Å²) >= 11 is 11.9. The highest BCUT2D eigenvalue weighted by Crippen LogP contribution is 2.32. The highest BCUT2D eigenvalue weighted by molar-refractivity contribution is 6.43. The third-order valence-corrected chi connectivity index (χ3v) is 5.48. The predicted molar refractivity (Wildman–Crippen MR) is 116 cm³/mol. The lowest BCUT2D eigenvalue weighted by Crippen LogP contribution is -2.45. The molecule has 0 aromatic heterocycles. The molecule has 9 nitrogen and oxygen atoms in total. The molecule has 32 heavy (non-hydrogen) atoms. The van der Waals surface area contributed by atoms with Gasteiger partial charge >= 0.3 is 5.97 Å². The highest BCUT2D eigenvalue weighted by atomic mass is 35.5. The molecule has 1 atom stereocenters. The van der Waals surface area contributed by atoms with Crippen molar-refractivity contribution in [1.29, 1.82) is 0 Å². The second kappa shape index (κ2) is 9.37. The average Bonchev–Trinajstić information content (AvgIpc) is 3.01. The maximum atomic E-state index is 12.7. The molecule has 3 rings (SSSR count). The zero-order valence-corrected chi connectivity index (χ0v) is 18.4. The molecule has 0 bridgehead atoms. The van der Waals surface area contributed by atoms with Crippen molar-refractivity contribution < 1.29 is 28.7 Å². The van der Waals surface area contributed by atoms with Crippen LogP contribution in [0.15, 0.2) is 36.4 Å². The van der Waals surface area contributed by atoms with Crippen molar-refractivity contribution in [3.8, 4) is 0 Å². The number of benzene rings is 2. The number of nitrogens with zero attached hydrogens (tertiary/aromatic N) is 1. The summed E-state index contributed by atoms with van der Waals surface area (Å²) in [4.78, 5) is 61.9. The first-order valence-corrected chi connectivity index (χ1v) is 10.0.